The van der Waals surface area contributed by atoms with E-state index in [1.165, 1.54) is 0 Å². The first-order valence-corrected chi connectivity index (χ1v) is 7.13. The van der Waals surface area contributed by atoms with Crippen molar-refractivity contribution in [1.29, 1.82) is 0 Å². The summed E-state index contributed by atoms with van der Waals surface area (Å²) in [5, 5.41) is 7.04. The lowest BCUT2D eigenvalue weighted by atomic mass is 10.3. The van der Waals surface area contributed by atoms with E-state index in [4.69, 9.17) is 9.26 Å². The molecule has 102 valence electrons. The Bertz CT molecular complexity index is 547. The Morgan fingerprint density at radius 1 is 1.42 bits per heavy atom. The Kier molecular flexibility index (Phi) is 5.44. The second kappa shape index (κ2) is 7.09. The van der Waals surface area contributed by atoms with Gasteiger partial charge in [0.15, 0.2) is 0 Å². The minimum Gasteiger partial charge on any atom is -0.383 e. The maximum Gasteiger partial charge on any atom is 0.240 e. The minimum absolute atomic E-state index is 0.461. The van der Waals surface area contributed by atoms with Crippen LogP contribution < -0.4 is 5.32 Å². The molecule has 6 nitrogen and oxygen atoms in total. The zero-order valence-corrected chi connectivity index (χ0v) is 13.4. The van der Waals surface area contributed by atoms with Crippen LogP contribution in [0.25, 0.3) is 11.5 Å². The van der Waals surface area contributed by atoms with Crippen LogP contribution in [0.3, 0.4) is 0 Å². The molecule has 0 spiro atoms. The van der Waals surface area contributed by atoms with E-state index in [1.54, 1.807) is 13.3 Å². The third kappa shape index (κ3) is 4.07. The molecule has 0 amide bonds. The number of nitrogens with one attached hydrogen (secondary N) is 1. The molecule has 0 aliphatic carbocycles. The standard InChI is InChI=1S/C11H12Br2N4O2/c1-18-3-2-14-6-9-16-11(17-19-9)10-8(13)4-7(12)5-15-10/h4-5,14H,2-3,6H2,1H3. The Labute approximate surface area is 127 Å². The summed E-state index contributed by atoms with van der Waals surface area (Å²) >= 11 is 6.76. The second-order valence-electron chi connectivity index (χ2n) is 3.67. The lowest BCUT2D eigenvalue weighted by Gasteiger charge is -1.99. The van der Waals surface area contributed by atoms with Crippen molar-refractivity contribution >= 4 is 31.9 Å². The summed E-state index contributed by atoms with van der Waals surface area (Å²) in [5.41, 5.74) is 0.648. The summed E-state index contributed by atoms with van der Waals surface area (Å²) in [5.74, 6) is 0.977. The van der Waals surface area contributed by atoms with E-state index in [0.29, 0.717) is 30.6 Å². The van der Waals surface area contributed by atoms with E-state index in [1.807, 2.05) is 6.07 Å². The summed E-state index contributed by atoms with van der Waals surface area (Å²) < 4.78 is 11.8. The molecule has 19 heavy (non-hydrogen) atoms. The quantitative estimate of drug-likeness (QED) is 0.762. The van der Waals surface area contributed by atoms with Crippen molar-refractivity contribution in [3.63, 3.8) is 0 Å². The molecule has 0 aliphatic heterocycles. The molecule has 2 aromatic heterocycles. The molecule has 0 unspecified atom stereocenters. The Balaban J connectivity index is 2.04. The van der Waals surface area contributed by atoms with Crippen LogP contribution in [-0.2, 0) is 11.3 Å². The fourth-order valence-electron chi connectivity index (χ4n) is 1.37. The summed E-state index contributed by atoms with van der Waals surface area (Å²) in [6.07, 6.45) is 1.69. The predicted molar refractivity (Wildman–Crippen MR) is 76.5 cm³/mol. The smallest absolute Gasteiger partial charge is 0.240 e. The molecule has 0 aromatic carbocycles. The lowest BCUT2D eigenvalue weighted by molar-refractivity contribution is 0.197. The molecular weight excluding hydrogens is 380 g/mol. The largest absolute Gasteiger partial charge is 0.383 e. The number of methoxy groups -OCH3 is 1. The van der Waals surface area contributed by atoms with E-state index in [-0.39, 0.29) is 0 Å². The first-order chi connectivity index (χ1) is 9.20. The zero-order valence-electron chi connectivity index (χ0n) is 10.2. The average Bonchev–Trinajstić information content (AvgIpc) is 2.83. The highest BCUT2D eigenvalue weighted by Crippen LogP contribution is 2.26. The molecule has 8 heteroatoms. The number of ether oxygens (including phenoxy) is 1. The summed E-state index contributed by atoms with van der Waals surface area (Å²) in [4.78, 5) is 8.53. The Morgan fingerprint density at radius 3 is 3.00 bits per heavy atom. The fraction of sp³-hybridized carbons (Fsp3) is 0.364. The van der Waals surface area contributed by atoms with Gasteiger partial charge in [0.1, 0.15) is 5.69 Å². The summed E-state index contributed by atoms with van der Waals surface area (Å²) in [7, 11) is 1.66. The minimum atomic E-state index is 0.461. The van der Waals surface area contributed by atoms with Gasteiger partial charge in [-0.25, -0.2) is 0 Å². The molecule has 0 atom stereocenters. The van der Waals surface area contributed by atoms with Crippen molar-refractivity contribution in [1.82, 2.24) is 20.4 Å². The van der Waals surface area contributed by atoms with Crippen LogP contribution in [0.2, 0.25) is 0 Å². The van der Waals surface area contributed by atoms with Gasteiger partial charge in [0.05, 0.1) is 13.2 Å². The number of hydrogen-bond acceptors (Lipinski definition) is 6. The van der Waals surface area contributed by atoms with Crippen molar-refractivity contribution in [2.24, 2.45) is 0 Å². The van der Waals surface area contributed by atoms with Gasteiger partial charge in [-0.05, 0) is 37.9 Å². The second-order valence-corrected chi connectivity index (χ2v) is 5.44. The molecule has 1 N–H and O–H groups in total. The fourth-order valence-corrected chi connectivity index (χ4v) is 2.54. The number of aromatic nitrogens is 3. The van der Waals surface area contributed by atoms with E-state index in [9.17, 15) is 0 Å². The lowest BCUT2D eigenvalue weighted by Crippen LogP contribution is -2.18. The van der Waals surface area contributed by atoms with Gasteiger partial charge in [-0.1, -0.05) is 5.16 Å². The number of pyridine rings is 1. The van der Waals surface area contributed by atoms with E-state index in [2.05, 4.69) is 52.3 Å². The van der Waals surface area contributed by atoms with Crippen LogP contribution in [-0.4, -0.2) is 35.4 Å². The maximum atomic E-state index is 5.15. The molecule has 0 aliphatic rings. The van der Waals surface area contributed by atoms with Crippen LogP contribution in [0, 0.1) is 0 Å². The van der Waals surface area contributed by atoms with Crippen molar-refractivity contribution in [2.75, 3.05) is 20.3 Å². The molecular formula is C11H12Br2N4O2. The van der Waals surface area contributed by atoms with Crippen molar-refractivity contribution in [3.05, 3.63) is 27.1 Å². The normalized spacial score (nSPS) is 10.9. The first-order valence-electron chi connectivity index (χ1n) is 5.54. The molecule has 2 aromatic rings. The van der Waals surface area contributed by atoms with E-state index >= 15 is 0 Å². The van der Waals surface area contributed by atoms with Crippen molar-refractivity contribution < 1.29 is 9.26 Å². The number of halogens is 2. The van der Waals surface area contributed by atoms with Gasteiger partial charge >= 0.3 is 0 Å². The first kappa shape index (κ1) is 14.6. The number of nitrogens with zero attached hydrogens (tertiary/aromatic N) is 3. The highest BCUT2D eigenvalue weighted by atomic mass is 79.9. The van der Waals surface area contributed by atoms with E-state index in [0.717, 1.165) is 15.5 Å². The van der Waals surface area contributed by atoms with Crippen LogP contribution >= 0.6 is 31.9 Å². The number of hydrogen-bond donors (Lipinski definition) is 1. The molecule has 2 rings (SSSR count). The van der Waals surface area contributed by atoms with Crippen LogP contribution in [0.1, 0.15) is 5.89 Å². The van der Waals surface area contributed by atoms with Gasteiger partial charge < -0.3 is 14.6 Å². The number of rotatable bonds is 6. The van der Waals surface area contributed by atoms with Gasteiger partial charge in [0.2, 0.25) is 11.7 Å². The highest BCUT2D eigenvalue weighted by molar-refractivity contribution is 9.11. The molecule has 0 bridgehead atoms. The SMILES string of the molecule is COCCNCc1nc(-c2ncc(Br)cc2Br)no1. The molecule has 0 saturated carbocycles. The van der Waals surface area contributed by atoms with Crippen LogP contribution in [0.15, 0.2) is 25.7 Å². The zero-order chi connectivity index (χ0) is 13.7. The summed E-state index contributed by atoms with van der Waals surface area (Å²) in [6, 6.07) is 1.88. The average molecular weight is 392 g/mol. The van der Waals surface area contributed by atoms with Crippen molar-refractivity contribution in [3.8, 4) is 11.5 Å². The van der Waals surface area contributed by atoms with Crippen molar-refractivity contribution in [2.45, 2.75) is 6.54 Å². The third-order valence-electron chi connectivity index (χ3n) is 2.25. The van der Waals surface area contributed by atoms with Gasteiger partial charge in [-0.2, -0.15) is 4.98 Å². The molecule has 2 heterocycles. The van der Waals surface area contributed by atoms with Gasteiger partial charge in [0.25, 0.3) is 0 Å². The van der Waals surface area contributed by atoms with Crippen LogP contribution in [0.5, 0.6) is 0 Å². The molecule has 0 radical (unpaired) electrons. The third-order valence-corrected chi connectivity index (χ3v) is 3.29. The predicted octanol–water partition coefficient (Wildman–Crippen LogP) is 2.39. The highest BCUT2D eigenvalue weighted by Gasteiger charge is 2.13. The molecule has 0 saturated heterocycles. The Hall–Kier alpha value is -0.830. The summed E-state index contributed by atoms with van der Waals surface area (Å²) in [6.45, 7) is 1.87. The van der Waals surface area contributed by atoms with Gasteiger partial charge in [-0.15, -0.1) is 0 Å². The van der Waals surface area contributed by atoms with E-state index < -0.39 is 0 Å². The van der Waals surface area contributed by atoms with Gasteiger partial charge in [0, 0.05) is 28.8 Å². The van der Waals surface area contributed by atoms with Crippen LogP contribution in [0.4, 0.5) is 0 Å². The Morgan fingerprint density at radius 2 is 2.26 bits per heavy atom. The maximum absolute atomic E-state index is 5.15. The molecule has 0 fully saturated rings. The topological polar surface area (TPSA) is 73.1 Å². The monoisotopic (exact) mass is 390 g/mol. The van der Waals surface area contributed by atoms with Gasteiger partial charge in [-0.3, -0.25) is 4.98 Å².